The van der Waals surface area contributed by atoms with E-state index in [9.17, 15) is 18.0 Å². The van der Waals surface area contributed by atoms with E-state index in [1.165, 1.54) is 24.3 Å². The van der Waals surface area contributed by atoms with E-state index in [-0.39, 0.29) is 10.8 Å². The van der Waals surface area contributed by atoms with Gasteiger partial charge in [0.05, 0.1) is 23.7 Å². The highest BCUT2D eigenvalue weighted by molar-refractivity contribution is 7.89. The van der Waals surface area contributed by atoms with E-state index in [4.69, 9.17) is 20.3 Å². The normalized spacial score (nSPS) is 12.1. The Bertz CT molecular complexity index is 1180. The number of urea groups is 1. The summed E-state index contributed by atoms with van der Waals surface area (Å²) in [6, 6.07) is 11.9. The molecule has 11 nitrogen and oxygen atoms in total. The van der Waals surface area contributed by atoms with Crippen LogP contribution in [0.2, 0.25) is 0 Å². The zero-order valence-corrected chi connectivity index (χ0v) is 23.9. The summed E-state index contributed by atoms with van der Waals surface area (Å²) in [5.74, 6) is 0.652. The molecule has 0 bridgehead atoms. The second-order valence-corrected chi connectivity index (χ2v) is 12.2. The van der Waals surface area contributed by atoms with Gasteiger partial charge in [-0.05, 0) is 95.5 Å². The van der Waals surface area contributed by atoms with Crippen LogP contribution < -0.4 is 31.6 Å². The largest absolute Gasteiger partial charge is 0.494 e. The maximum Gasteiger partial charge on any atom is 0.323 e. The van der Waals surface area contributed by atoms with Crippen molar-refractivity contribution in [3.8, 4) is 5.75 Å². The van der Waals surface area contributed by atoms with Crippen LogP contribution >= 0.6 is 0 Å². The van der Waals surface area contributed by atoms with E-state index < -0.39 is 27.2 Å². The number of ether oxygens (including phenoxy) is 2. The maximum atomic E-state index is 12.2. The molecule has 2 aromatic rings. The maximum absolute atomic E-state index is 12.2. The lowest BCUT2D eigenvalue weighted by atomic mass is 10.0. The minimum Gasteiger partial charge on any atom is -0.494 e. The van der Waals surface area contributed by atoms with Crippen molar-refractivity contribution in [1.29, 1.82) is 0 Å². The fourth-order valence-electron chi connectivity index (χ4n) is 3.26. The van der Waals surface area contributed by atoms with E-state index >= 15 is 0 Å². The lowest BCUT2D eigenvalue weighted by Gasteiger charge is -2.29. The van der Waals surface area contributed by atoms with Crippen LogP contribution in [0.5, 0.6) is 5.75 Å². The van der Waals surface area contributed by atoms with Gasteiger partial charge in [0.1, 0.15) is 5.75 Å². The first-order valence-corrected chi connectivity index (χ1v) is 14.3. The third-order valence-corrected chi connectivity index (χ3v) is 6.43. The topological polar surface area (TPSA) is 175 Å². The number of hydrogen-bond donors (Lipinski definition) is 5. The quantitative estimate of drug-likeness (QED) is 0.206. The summed E-state index contributed by atoms with van der Waals surface area (Å²) >= 11 is 0. The number of carbonyl (C=O) groups excluding carboxylic acids is 2. The molecule has 0 atom stereocenters. The van der Waals surface area contributed by atoms with Crippen molar-refractivity contribution in [3.63, 3.8) is 0 Å². The molecule has 0 saturated carbocycles. The third kappa shape index (κ3) is 13.4. The first kappa shape index (κ1) is 32.0. The molecule has 0 aliphatic rings. The number of benzene rings is 2. The molecule has 7 N–H and O–H groups in total. The highest BCUT2D eigenvalue weighted by Crippen LogP contribution is 2.19. The van der Waals surface area contributed by atoms with E-state index in [2.05, 4.69) is 16.0 Å². The summed E-state index contributed by atoms with van der Waals surface area (Å²) in [5.41, 5.74) is 6.11. The van der Waals surface area contributed by atoms with E-state index in [1.54, 1.807) is 24.3 Å². The van der Waals surface area contributed by atoms with Crippen LogP contribution in [0, 0.1) is 0 Å². The lowest BCUT2D eigenvalue weighted by Crippen LogP contribution is -2.41. The minimum absolute atomic E-state index is 0.00718. The predicted octanol–water partition coefficient (Wildman–Crippen LogP) is 3.57. The van der Waals surface area contributed by atoms with Gasteiger partial charge in [-0.15, -0.1) is 0 Å². The van der Waals surface area contributed by atoms with Gasteiger partial charge in [0.25, 0.3) is 0 Å². The number of hydrogen-bond acceptors (Lipinski definition) is 7. The number of carbonyl (C=O) groups is 2. The number of nitrogens with one attached hydrogen (secondary N) is 3. The van der Waals surface area contributed by atoms with Gasteiger partial charge in [-0.1, -0.05) is 0 Å². The lowest BCUT2D eigenvalue weighted by molar-refractivity contribution is -0.123. The van der Waals surface area contributed by atoms with Crippen LogP contribution in [0.4, 0.5) is 16.2 Å². The van der Waals surface area contributed by atoms with Crippen LogP contribution in [-0.2, 0) is 19.6 Å². The summed E-state index contributed by atoms with van der Waals surface area (Å²) in [4.78, 5) is 24.3. The summed E-state index contributed by atoms with van der Waals surface area (Å²) in [6.45, 7) is 9.22. The van der Waals surface area contributed by atoms with Crippen LogP contribution in [0.3, 0.4) is 0 Å². The van der Waals surface area contributed by atoms with Gasteiger partial charge in [0, 0.05) is 29.9 Å². The van der Waals surface area contributed by atoms with Crippen LogP contribution in [0.1, 0.15) is 53.4 Å². The number of primary sulfonamides is 1. The zero-order chi connectivity index (χ0) is 29.1. The van der Waals surface area contributed by atoms with Gasteiger partial charge in [0.2, 0.25) is 15.9 Å². The fourth-order valence-corrected chi connectivity index (χ4v) is 3.77. The molecular weight excluding hydrogens is 522 g/mol. The second kappa shape index (κ2) is 14.3. The molecule has 0 radical (unpaired) electrons. The van der Waals surface area contributed by atoms with Crippen LogP contribution in [0.25, 0.3) is 0 Å². The van der Waals surface area contributed by atoms with Crippen molar-refractivity contribution in [2.24, 2.45) is 10.9 Å². The van der Waals surface area contributed by atoms with Gasteiger partial charge >= 0.3 is 6.03 Å². The Kier molecular flexibility index (Phi) is 11.7. The average molecular weight is 564 g/mol. The third-order valence-electron chi connectivity index (χ3n) is 5.50. The van der Waals surface area contributed by atoms with E-state index in [0.717, 1.165) is 12.8 Å². The number of amides is 3. The molecule has 0 heterocycles. The highest BCUT2D eigenvalue weighted by Gasteiger charge is 2.23. The molecule has 0 saturated heterocycles. The molecular formula is C27H41N5O6S. The Morgan fingerprint density at radius 2 is 1.46 bits per heavy atom. The summed E-state index contributed by atoms with van der Waals surface area (Å²) < 4.78 is 34.2. The Balaban J connectivity index is 1.61. The zero-order valence-electron chi connectivity index (χ0n) is 23.1. The minimum atomic E-state index is -3.79. The Morgan fingerprint density at radius 3 is 2.00 bits per heavy atom. The number of unbranched alkanes of at least 4 members (excludes halogenated alkanes) is 1. The van der Waals surface area contributed by atoms with Gasteiger partial charge < -0.3 is 31.2 Å². The summed E-state index contributed by atoms with van der Waals surface area (Å²) in [6.07, 6.45) is 2.55. The fraction of sp³-hybridized carbons (Fsp3) is 0.481. The number of nitrogens with two attached hydrogens (primary N) is 2. The molecule has 0 spiro atoms. The monoisotopic (exact) mass is 563 g/mol. The molecule has 216 valence electrons. The average Bonchev–Trinajstić information content (AvgIpc) is 2.84. The molecule has 39 heavy (non-hydrogen) atoms. The molecule has 12 heteroatoms. The predicted molar refractivity (Wildman–Crippen MR) is 152 cm³/mol. The molecule has 0 aromatic heterocycles. The van der Waals surface area contributed by atoms with Crippen molar-refractivity contribution in [3.05, 3.63) is 48.5 Å². The standard InChI is InChI=1S/C27H41N5O6S/c1-26(2,28)19-38-27(3,4)16-15-24(33)30-17-5-6-18-37-22-11-7-20(8-12-22)31-25(34)32-21-9-13-23(14-10-21)39(29,35)36/h7-14H,5-6,15-19,28H2,1-4H3,(H,30,33)(H2,29,35,36)(H2,31,32,34). The van der Waals surface area contributed by atoms with Crippen molar-refractivity contribution >= 4 is 33.3 Å². The van der Waals surface area contributed by atoms with Gasteiger partial charge in [-0.2, -0.15) is 0 Å². The Hall–Kier alpha value is -3.19. The van der Waals surface area contributed by atoms with Crippen LogP contribution in [0.15, 0.2) is 53.4 Å². The summed E-state index contributed by atoms with van der Waals surface area (Å²) in [5, 5.41) is 13.3. The number of anilines is 2. The summed E-state index contributed by atoms with van der Waals surface area (Å²) in [7, 11) is -3.79. The van der Waals surface area contributed by atoms with E-state index in [0.29, 0.717) is 49.7 Å². The molecule has 0 fully saturated rings. The van der Waals surface area contributed by atoms with Crippen molar-refractivity contribution in [2.45, 2.75) is 69.4 Å². The number of rotatable bonds is 15. The Labute approximate surface area is 231 Å². The molecule has 2 rings (SSSR count). The number of sulfonamides is 1. The van der Waals surface area contributed by atoms with Gasteiger partial charge in [-0.3, -0.25) is 4.79 Å². The molecule has 0 aliphatic carbocycles. The van der Waals surface area contributed by atoms with Gasteiger partial charge in [0.15, 0.2) is 0 Å². The highest BCUT2D eigenvalue weighted by atomic mass is 32.2. The Morgan fingerprint density at radius 1 is 0.897 bits per heavy atom. The molecule has 2 aromatic carbocycles. The van der Waals surface area contributed by atoms with Crippen molar-refractivity contribution < 1.29 is 27.5 Å². The van der Waals surface area contributed by atoms with Crippen molar-refractivity contribution in [1.82, 2.24) is 5.32 Å². The van der Waals surface area contributed by atoms with Crippen molar-refractivity contribution in [2.75, 3.05) is 30.4 Å². The molecule has 0 aliphatic heterocycles. The van der Waals surface area contributed by atoms with E-state index in [1.807, 2.05) is 27.7 Å². The first-order chi connectivity index (χ1) is 18.1. The molecule has 3 amide bonds. The molecule has 0 unspecified atom stereocenters. The SMILES string of the molecule is CC(C)(N)COC(C)(C)CCC(=O)NCCCCOc1ccc(NC(=O)Nc2ccc(S(N)(=O)=O)cc2)cc1. The van der Waals surface area contributed by atoms with Crippen LogP contribution in [-0.4, -0.2) is 51.3 Å². The smallest absolute Gasteiger partial charge is 0.323 e. The second-order valence-electron chi connectivity index (χ2n) is 10.6. The first-order valence-electron chi connectivity index (χ1n) is 12.8. The van der Waals surface area contributed by atoms with Gasteiger partial charge in [-0.25, -0.2) is 18.4 Å².